The van der Waals surface area contributed by atoms with Gasteiger partial charge in [-0.05, 0) is 53.1 Å². The number of hydrogen-bond acceptors (Lipinski definition) is 11. The normalized spacial score (nSPS) is 16.5. The first-order chi connectivity index (χ1) is 24.2. The lowest BCUT2D eigenvalue weighted by Gasteiger charge is -2.36. The van der Waals surface area contributed by atoms with E-state index in [1.165, 1.54) is 31.2 Å². The van der Waals surface area contributed by atoms with Crippen LogP contribution in [0.4, 0.5) is 0 Å². The van der Waals surface area contributed by atoms with E-state index in [1.807, 2.05) is 0 Å². The molecule has 1 aliphatic heterocycles. The van der Waals surface area contributed by atoms with Crippen LogP contribution in [0, 0.1) is 6.92 Å². The topological polar surface area (TPSA) is 240 Å². The maximum absolute atomic E-state index is 14.0. The lowest BCUT2D eigenvalue weighted by Crippen LogP contribution is -2.37. The second-order valence-corrected chi connectivity index (χ2v) is 14.9. The van der Waals surface area contributed by atoms with E-state index in [0.29, 0.717) is 5.56 Å². The van der Waals surface area contributed by atoms with Crippen molar-refractivity contribution in [3.05, 3.63) is 87.0 Å². The number of fused-ring (bicyclic) bond motifs is 1. The van der Waals surface area contributed by atoms with Crippen molar-refractivity contribution in [2.45, 2.75) is 70.0 Å². The van der Waals surface area contributed by atoms with Crippen LogP contribution in [-0.4, -0.2) is 98.9 Å². The number of phenolic OH excluding ortho intramolecular Hbond substituents is 2. The molecule has 4 rings (SSSR count). The molecule has 1 aliphatic rings. The number of aliphatic carboxylic acids is 4. The third-order valence-corrected chi connectivity index (χ3v) is 10.4. The number of carbonyl (C=O) groups is 4. The van der Waals surface area contributed by atoms with Gasteiger partial charge in [-0.25, -0.2) is 4.18 Å². The zero-order valence-corrected chi connectivity index (χ0v) is 30.1. The molecule has 1 atom stereocenters. The molecule has 0 saturated carbocycles. The van der Waals surface area contributed by atoms with Crippen molar-refractivity contribution in [2.75, 3.05) is 26.2 Å². The summed E-state index contributed by atoms with van der Waals surface area (Å²) < 4.78 is 34.1. The molecule has 3 aromatic rings. The monoisotopic (exact) mass is 742 g/mol. The fraction of sp³-hybridized carbons (Fsp3) is 0.389. The highest BCUT2D eigenvalue weighted by Crippen LogP contribution is 2.55. The van der Waals surface area contributed by atoms with Crippen molar-refractivity contribution in [3.8, 4) is 11.5 Å². The standard InChI is InChI=1S/C36H42N2O13S/c1-19(2)22-10-11-26(25(34(22)47)14-38(17-32(43)44)18-33(45)46)36(27-8-6-7-9-29(27)52(49,50)51-36)28-12-23(20(3)4)35(48)24(21(28)5)13-37(15-30(39)40)16-31(41)42/h6-12,19-20,47-48H,13-18H2,1-5H3,(H,39,40)(H,41,42)(H,43,44)(H,45,46)/t36-/m0/s1. The van der Waals surface area contributed by atoms with Crippen LogP contribution in [0.5, 0.6) is 11.5 Å². The van der Waals surface area contributed by atoms with Crippen molar-refractivity contribution in [1.82, 2.24) is 9.80 Å². The molecule has 15 nitrogen and oxygen atoms in total. The summed E-state index contributed by atoms with van der Waals surface area (Å²) in [5.74, 6) is -6.68. The molecule has 6 N–H and O–H groups in total. The molecule has 0 amide bonds. The first kappa shape index (κ1) is 39.8. The molecule has 52 heavy (non-hydrogen) atoms. The van der Waals surface area contributed by atoms with Gasteiger partial charge < -0.3 is 30.6 Å². The number of rotatable bonds is 16. The van der Waals surface area contributed by atoms with Gasteiger partial charge in [-0.3, -0.25) is 29.0 Å². The van der Waals surface area contributed by atoms with Crippen LogP contribution in [0.25, 0.3) is 0 Å². The van der Waals surface area contributed by atoms with Crippen LogP contribution in [0.3, 0.4) is 0 Å². The number of hydrogen-bond donors (Lipinski definition) is 6. The average Bonchev–Trinajstić information content (AvgIpc) is 3.25. The lowest BCUT2D eigenvalue weighted by atomic mass is 9.73. The third-order valence-electron chi connectivity index (χ3n) is 9.00. The van der Waals surface area contributed by atoms with E-state index >= 15 is 0 Å². The van der Waals surface area contributed by atoms with Crippen molar-refractivity contribution in [1.29, 1.82) is 0 Å². The predicted octanol–water partition coefficient (Wildman–Crippen LogP) is 3.61. The van der Waals surface area contributed by atoms with Crippen molar-refractivity contribution < 1.29 is 62.4 Å². The van der Waals surface area contributed by atoms with Crippen LogP contribution in [0.1, 0.15) is 84.0 Å². The Balaban J connectivity index is 2.20. The zero-order valence-electron chi connectivity index (χ0n) is 29.3. The highest BCUT2D eigenvalue weighted by molar-refractivity contribution is 7.87. The Morgan fingerprint density at radius 1 is 0.673 bits per heavy atom. The van der Waals surface area contributed by atoms with Gasteiger partial charge in [0.2, 0.25) is 0 Å². The summed E-state index contributed by atoms with van der Waals surface area (Å²) in [5, 5.41) is 61.9. The van der Waals surface area contributed by atoms with Crippen LogP contribution < -0.4 is 0 Å². The summed E-state index contributed by atoms with van der Waals surface area (Å²) in [6.45, 7) is 4.86. The maximum atomic E-state index is 14.0. The number of carboxylic acids is 4. The van der Waals surface area contributed by atoms with E-state index < -0.39 is 78.2 Å². The molecule has 0 aliphatic carbocycles. The summed E-state index contributed by atoms with van der Waals surface area (Å²) in [4.78, 5) is 49.1. The van der Waals surface area contributed by atoms with E-state index in [-0.39, 0.29) is 67.8 Å². The molecule has 0 bridgehead atoms. The Kier molecular flexibility index (Phi) is 11.7. The highest BCUT2D eigenvalue weighted by atomic mass is 32.2. The number of nitrogens with zero attached hydrogens (tertiary/aromatic N) is 2. The Morgan fingerprint density at radius 2 is 1.13 bits per heavy atom. The smallest absolute Gasteiger partial charge is 0.317 e. The summed E-state index contributed by atoms with van der Waals surface area (Å²) >= 11 is 0. The summed E-state index contributed by atoms with van der Waals surface area (Å²) in [6.07, 6.45) is 0. The van der Waals surface area contributed by atoms with Gasteiger partial charge in [-0.15, -0.1) is 0 Å². The zero-order chi connectivity index (χ0) is 38.9. The Hall–Kier alpha value is -5.03. The van der Waals surface area contributed by atoms with E-state index in [0.717, 1.165) is 9.80 Å². The van der Waals surface area contributed by atoms with Gasteiger partial charge in [0, 0.05) is 35.3 Å². The van der Waals surface area contributed by atoms with E-state index in [2.05, 4.69) is 0 Å². The number of phenols is 2. The van der Waals surface area contributed by atoms with Gasteiger partial charge in [0.1, 0.15) is 16.4 Å². The first-order valence-corrected chi connectivity index (χ1v) is 17.7. The summed E-state index contributed by atoms with van der Waals surface area (Å²) in [7, 11) is -4.57. The van der Waals surface area contributed by atoms with Gasteiger partial charge in [-0.1, -0.05) is 58.0 Å². The number of aromatic hydroxyl groups is 2. The molecule has 3 aromatic carbocycles. The summed E-state index contributed by atoms with van der Waals surface area (Å²) in [6, 6.07) is 10.5. The van der Waals surface area contributed by atoms with E-state index in [4.69, 9.17) is 4.18 Å². The molecule has 16 heteroatoms. The Bertz CT molecular complexity index is 1990. The minimum Gasteiger partial charge on any atom is -0.507 e. The maximum Gasteiger partial charge on any atom is 0.317 e. The average molecular weight is 743 g/mol. The van der Waals surface area contributed by atoms with Gasteiger partial charge in [-0.2, -0.15) is 8.42 Å². The minimum absolute atomic E-state index is 0.0147. The third kappa shape index (κ3) is 7.89. The molecule has 0 aromatic heterocycles. The van der Waals surface area contributed by atoms with E-state index in [9.17, 15) is 58.2 Å². The van der Waals surface area contributed by atoms with Crippen molar-refractivity contribution >= 4 is 34.0 Å². The molecular formula is C36H42N2O13S. The minimum atomic E-state index is -4.57. The molecule has 0 fully saturated rings. The van der Waals surface area contributed by atoms with Crippen LogP contribution in [0.2, 0.25) is 0 Å². The molecular weight excluding hydrogens is 700 g/mol. The summed E-state index contributed by atoms with van der Waals surface area (Å²) in [5.41, 5.74) is -0.896. The molecule has 280 valence electrons. The Labute approximate surface area is 300 Å². The van der Waals surface area contributed by atoms with Crippen LogP contribution >= 0.6 is 0 Å². The number of carboxylic acid groups (broad SMARTS) is 4. The predicted molar refractivity (Wildman–Crippen MR) is 185 cm³/mol. The number of benzene rings is 3. The Morgan fingerprint density at radius 3 is 1.62 bits per heavy atom. The molecule has 0 unspecified atom stereocenters. The largest absolute Gasteiger partial charge is 0.507 e. The first-order valence-electron chi connectivity index (χ1n) is 16.3. The fourth-order valence-electron chi connectivity index (χ4n) is 6.76. The molecule has 0 radical (unpaired) electrons. The second kappa shape index (κ2) is 15.3. The SMILES string of the molecule is Cc1c([C@@]2(c3ccc(C(C)C)c(O)c3CN(CC(=O)O)CC(=O)O)OS(=O)(=O)c3ccccc32)cc(C(C)C)c(O)c1CN(CC(=O)O)CC(=O)O. The van der Waals surface area contributed by atoms with Crippen LogP contribution in [-0.2, 0) is 52.2 Å². The molecule has 0 spiro atoms. The van der Waals surface area contributed by atoms with Gasteiger partial charge >= 0.3 is 23.9 Å². The fourth-order valence-corrected chi connectivity index (χ4v) is 8.17. The van der Waals surface area contributed by atoms with Gasteiger partial charge in [0.05, 0.1) is 26.2 Å². The lowest BCUT2D eigenvalue weighted by molar-refractivity contribution is -0.144. The second-order valence-electron chi connectivity index (χ2n) is 13.4. The van der Waals surface area contributed by atoms with Gasteiger partial charge in [0.15, 0.2) is 5.60 Å². The van der Waals surface area contributed by atoms with Crippen molar-refractivity contribution in [3.63, 3.8) is 0 Å². The van der Waals surface area contributed by atoms with Crippen molar-refractivity contribution in [2.24, 2.45) is 0 Å². The van der Waals surface area contributed by atoms with Gasteiger partial charge in [0.25, 0.3) is 10.1 Å². The molecule has 1 heterocycles. The quantitative estimate of drug-likeness (QED) is 0.115. The molecule has 0 saturated heterocycles. The highest BCUT2D eigenvalue weighted by Gasteiger charge is 2.54. The van der Waals surface area contributed by atoms with E-state index in [1.54, 1.807) is 45.9 Å². The van der Waals surface area contributed by atoms with Crippen LogP contribution in [0.15, 0.2) is 47.4 Å².